The van der Waals surface area contributed by atoms with Crippen LogP contribution in [0.5, 0.6) is 0 Å². The lowest BCUT2D eigenvalue weighted by Gasteiger charge is -2.18. The second kappa shape index (κ2) is 6.53. The summed E-state index contributed by atoms with van der Waals surface area (Å²) in [5.74, 6) is -0.550. The second-order valence-corrected chi connectivity index (χ2v) is 5.93. The third-order valence-electron chi connectivity index (χ3n) is 3.28. The maximum Gasteiger partial charge on any atom is 0.268 e. The van der Waals surface area contributed by atoms with E-state index in [1.807, 2.05) is 30.3 Å². The predicted molar refractivity (Wildman–Crippen MR) is 85.6 cm³/mol. The molecule has 1 aromatic carbocycles. The molecule has 4 N–H and O–H groups in total. The van der Waals surface area contributed by atoms with Gasteiger partial charge in [0.25, 0.3) is 5.91 Å². The number of nitrogens with two attached hydrogens (primary N) is 1. The Kier molecular flexibility index (Phi) is 4.29. The van der Waals surface area contributed by atoms with Crippen molar-refractivity contribution < 1.29 is 9.59 Å². The summed E-state index contributed by atoms with van der Waals surface area (Å²) in [5.41, 5.74) is 9.10. The van der Waals surface area contributed by atoms with E-state index >= 15 is 0 Å². The number of aromatic nitrogens is 2. The minimum atomic E-state index is -0.473. The van der Waals surface area contributed by atoms with Crippen LogP contribution >= 0.6 is 11.3 Å². The molecular formula is C14H14N6O2S. The summed E-state index contributed by atoms with van der Waals surface area (Å²) in [6.45, 7) is 0. The Balaban J connectivity index is 1.85. The van der Waals surface area contributed by atoms with E-state index in [1.165, 1.54) is 11.3 Å². The first-order valence-electron chi connectivity index (χ1n) is 6.93. The number of carbonyl (C=O) groups is 2. The quantitative estimate of drug-likeness (QED) is 0.757. The van der Waals surface area contributed by atoms with E-state index in [-0.39, 0.29) is 23.9 Å². The summed E-state index contributed by atoms with van der Waals surface area (Å²) >= 11 is 1.21. The number of anilines is 1. The lowest BCUT2D eigenvalue weighted by Crippen LogP contribution is -2.39. The summed E-state index contributed by atoms with van der Waals surface area (Å²) in [5, 5.41) is 15.4. The van der Waals surface area contributed by atoms with Crippen molar-refractivity contribution in [2.75, 3.05) is 5.73 Å². The van der Waals surface area contributed by atoms with Crippen LogP contribution in [0.25, 0.3) is 0 Å². The number of hydrogen-bond donors (Lipinski definition) is 3. The van der Waals surface area contributed by atoms with Gasteiger partial charge in [0.05, 0.1) is 0 Å². The van der Waals surface area contributed by atoms with Gasteiger partial charge >= 0.3 is 0 Å². The molecule has 0 saturated carbocycles. The zero-order chi connectivity index (χ0) is 16.2. The molecule has 9 heteroatoms. The van der Waals surface area contributed by atoms with Crippen LogP contribution in [0.4, 0.5) is 5.13 Å². The highest BCUT2D eigenvalue weighted by Crippen LogP contribution is 2.26. The first-order chi connectivity index (χ1) is 11.1. The highest BCUT2D eigenvalue weighted by atomic mass is 32.1. The number of nitrogen functional groups attached to an aromatic ring is 1. The van der Waals surface area contributed by atoms with E-state index in [1.54, 1.807) is 0 Å². The smallest absolute Gasteiger partial charge is 0.268 e. The van der Waals surface area contributed by atoms with Crippen molar-refractivity contribution in [1.82, 2.24) is 20.9 Å². The maximum atomic E-state index is 12.4. The molecular weight excluding hydrogens is 316 g/mol. The van der Waals surface area contributed by atoms with E-state index in [2.05, 4.69) is 26.0 Å². The molecule has 3 rings (SSSR count). The summed E-state index contributed by atoms with van der Waals surface area (Å²) in [6.07, 6.45) is 0.547. The number of amides is 2. The van der Waals surface area contributed by atoms with E-state index in [4.69, 9.17) is 5.73 Å². The number of nitrogens with one attached hydrogen (secondary N) is 2. The second-order valence-electron chi connectivity index (χ2n) is 4.89. The monoisotopic (exact) mass is 330 g/mol. The SMILES string of the molecule is Nc1nnc([C@H](NC(=O)C2=NNC(=O)CC2)c2ccccc2)s1. The van der Waals surface area contributed by atoms with Gasteiger partial charge in [-0.1, -0.05) is 41.7 Å². The fraction of sp³-hybridized carbons (Fsp3) is 0.214. The van der Waals surface area contributed by atoms with Crippen LogP contribution in [-0.4, -0.2) is 27.7 Å². The fourth-order valence-electron chi connectivity index (χ4n) is 2.15. The third kappa shape index (κ3) is 3.51. The van der Waals surface area contributed by atoms with Gasteiger partial charge in [-0.25, -0.2) is 5.43 Å². The fourth-order valence-corrected chi connectivity index (χ4v) is 2.84. The normalized spacial score (nSPS) is 15.5. The molecule has 1 aliphatic rings. The lowest BCUT2D eigenvalue weighted by molar-refractivity contribution is -0.121. The molecule has 0 aliphatic carbocycles. The van der Waals surface area contributed by atoms with Gasteiger partial charge in [0, 0.05) is 12.8 Å². The van der Waals surface area contributed by atoms with Crippen molar-refractivity contribution in [1.29, 1.82) is 0 Å². The summed E-state index contributed by atoms with van der Waals surface area (Å²) in [6, 6.07) is 8.92. The summed E-state index contributed by atoms with van der Waals surface area (Å²) < 4.78 is 0. The number of benzene rings is 1. The standard InChI is InChI=1S/C14H14N6O2S/c15-14-20-19-13(23-14)11(8-4-2-1-3-5-8)16-12(22)9-6-7-10(21)18-17-9/h1-5,11H,6-7H2,(H2,15,20)(H,16,22)(H,18,21)/t11-/m1/s1. The summed E-state index contributed by atoms with van der Waals surface area (Å²) in [4.78, 5) is 23.5. The van der Waals surface area contributed by atoms with E-state index in [0.29, 0.717) is 16.6 Å². The lowest BCUT2D eigenvalue weighted by atomic mass is 10.1. The van der Waals surface area contributed by atoms with Gasteiger partial charge in [-0.05, 0) is 5.56 Å². The van der Waals surface area contributed by atoms with Crippen molar-refractivity contribution in [3.05, 3.63) is 40.9 Å². The van der Waals surface area contributed by atoms with E-state index in [9.17, 15) is 9.59 Å². The maximum absolute atomic E-state index is 12.4. The summed E-state index contributed by atoms with van der Waals surface area (Å²) in [7, 11) is 0. The van der Waals surface area contributed by atoms with E-state index < -0.39 is 6.04 Å². The van der Waals surface area contributed by atoms with Gasteiger partial charge in [0.1, 0.15) is 16.8 Å². The molecule has 0 spiro atoms. The van der Waals surface area contributed by atoms with Crippen molar-refractivity contribution in [2.24, 2.45) is 5.10 Å². The van der Waals surface area contributed by atoms with Crippen LogP contribution in [0.2, 0.25) is 0 Å². The number of rotatable bonds is 4. The Labute approximate surface area is 135 Å². The minimum absolute atomic E-state index is 0.196. The zero-order valence-electron chi connectivity index (χ0n) is 12.0. The van der Waals surface area contributed by atoms with Gasteiger partial charge in [0.15, 0.2) is 0 Å². The highest BCUT2D eigenvalue weighted by molar-refractivity contribution is 7.15. The average molecular weight is 330 g/mol. The third-order valence-corrected chi connectivity index (χ3v) is 4.10. The van der Waals surface area contributed by atoms with E-state index in [0.717, 1.165) is 5.56 Å². The van der Waals surface area contributed by atoms with Crippen LogP contribution < -0.4 is 16.5 Å². The van der Waals surface area contributed by atoms with Crippen LogP contribution in [0.3, 0.4) is 0 Å². The molecule has 0 bridgehead atoms. The molecule has 1 aromatic heterocycles. The Hall–Kier alpha value is -2.81. The zero-order valence-corrected chi connectivity index (χ0v) is 12.8. The molecule has 0 unspecified atom stereocenters. The van der Waals surface area contributed by atoms with Crippen LogP contribution in [0.15, 0.2) is 35.4 Å². The molecule has 8 nitrogen and oxygen atoms in total. The number of carbonyl (C=O) groups excluding carboxylic acids is 2. The Morgan fingerprint density at radius 3 is 2.65 bits per heavy atom. The molecule has 1 atom stereocenters. The molecule has 2 heterocycles. The van der Waals surface area contributed by atoms with Crippen molar-refractivity contribution in [2.45, 2.75) is 18.9 Å². The molecule has 23 heavy (non-hydrogen) atoms. The van der Waals surface area contributed by atoms with Crippen LogP contribution in [-0.2, 0) is 9.59 Å². The molecule has 0 saturated heterocycles. The average Bonchev–Trinajstić information content (AvgIpc) is 3.00. The Morgan fingerprint density at radius 2 is 2.04 bits per heavy atom. The van der Waals surface area contributed by atoms with Crippen LogP contribution in [0.1, 0.15) is 29.5 Å². The number of hydrazone groups is 1. The van der Waals surface area contributed by atoms with Gasteiger partial charge < -0.3 is 11.1 Å². The first-order valence-corrected chi connectivity index (χ1v) is 7.75. The van der Waals surface area contributed by atoms with Crippen molar-refractivity contribution in [3.8, 4) is 0 Å². The number of hydrogen-bond acceptors (Lipinski definition) is 7. The Bertz CT molecular complexity index is 758. The molecule has 118 valence electrons. The largest absolute Gasteiger partial charge is 0.374 e. The molecule has 1 aliphatic heterocycles. The first kappa shape index (κ1) is 15.1. The minimum Gasteiger partial charge on any atom is -0.374 e. The van der Waals surface area contributed by atoms with Gasteiger partial charge in [0.2, 0.25) is 11.0 Å². The van der Waals surface area contributed by atoms with Crippen molar-refractivity contribution in [3.63, 3.8) is 0 Å². The topological polar surface area (TPSA) is 122 Å². The van der Waals surface area contributed by atoms with Gasteiger partial charge in [-0.2, -0.15) is 5.10 Å². The Morgan fingerprint density at radius 1 is 1.26 bits per heavy atom. The van der Waals surface area contributed by atoms with Gasteiger partial charge in [-0.3, -0.25) is 9.59 Å². The van der Waals surface area contributed by atoms with Gasteiger partial charge in [-0.15, -0.1) is 10.2 Å². The number of nitrogens with zero attached hydrogens (tertiary/aromatic N) is 3. The molecule has 2 amide bonds. The molecule has 2 aromatic rings. The van der Waals surface area contributed by atoms with Crippen molar-refractivity contribution >= 4 is 34.0 Å². The van der Waals surface area contributed by atoms with Crippen LogP contribution in [0, 0.1) is 0 Å². The molecule has 0 radical (unpaired) electrons. The predicted octanol–water partition coefficient (Wildman–Crippen LogP) is 0.592. The highest BCUT2D eigenvalue weighted by Gasteiger charge is 2.25. The molecule has 0 fully saturated rings.